The Morgan fingerprint density at radius 2 is 1.78 bits per heavy atom. The maximum absolute atomic E-state index is 10.1. The Morgan fingerprint density at radius 3 is 2.52 bits per heavy atom. The molecule has 0 saturated carbocycles. The second-order valence-electron chi connectivity index (χ2n) is 6.09. The first-order valence-electron chi connectivity index (χ1n) is 8.34. The van der Waals surface area contributed by atoms with Crippen molar-refractivity contribution in [1.29, 1.82) is 0 Å². The van der Waals surface area contributed by atoms with Crippen molar-refractivity contribution in [2.24, 2.45) is 0 Å². The highest BCUT2D eigenvalue weighted by atomic mass is 16.3. The summed E-state index contributed by atoms with van der Waals surface area (Å²) in [6.07, 6.45) is 4.50. The van der Waals surface area contributed by atoms with Crippen LogP contribution < -0.4 is 0 Å². The minimum absolute atomic E-state index is 0.275. The van der Waals surface area contributed by atoms with Crippen LogP contribution in [0.1, 0.15) is 37.3 Å². The van der Waals surface area contributed by atoms with Crippen LogP contribution in [-0.2, 0) is 6.42 Å². The van der Waals surface area contributed by atoms with Gasteiger partial charge >= 0.3 is 11.3 Å². The molecule has 118 valence electrons. The number of rotatable bonds is 5. The Bertz CT molecular complexity index is 807. The predicted molar refractivity (Wildman–Crippen MR) is 95.7 cm³/mol. The zero-order valence-corrected chi connectivity index (χ0v) is 13.8. The fourth-order valence-electron chi connectivity index (χ4n) is 3.11. The lowest BCUT2D eigenvalue weighted by Crippen LogP contribution is -1.92. The number of benzene rings is 2. The van der Waals surface area contributed by atoms with Crippen molar-refractivity contribution in [2.45, 2.75) is 39.5 Å². The number of aromatic hydroxyl groups is 1. The van der Waals surface area contributed by atoms with Gasteiger partial charge in [0, 0.05) is 6.07 Å². The van der Waals surface area contributed by atoms with Crippen LogP contribution in [0.3, 0.4) is 0 Å². The maximum atomic E-state index is 10.1. The third-order valence-corrected chi connectivity index (χ3v) is 4.24. The Kier molecular flexibility index (Phi) is 4.61. The van der Waals surface area contributed by atoms with E-state index in [1.54, 1.807) is 6.07 Å². The van der Waals surface area contributed by atoms with Gasteiger partial charge < -0.3 is 5.11 Å². The molecule has 0 aliphatic rings. The highest BCUT2D eigenvalue weighted by Crippen LogP contribution is 2.33. The van der Waals surface area contributed by atoms with Gasteiger partial charge in [0.2, 0.25) is 0 Å². The van der Waals surface area contributed by atoms with Crippen molar-refractivity contribution < 1.29 is 9.52 Å². The van der Waals surface area contributed by atoms with E-state index in [-0.39, 0.29) is 5.75 Å². The number of hydrogen-bond acceptors (Lipinski definition) is 1. The molecule has 23 heavy (non-hydrogen) atoms. The second kappa shape index (κ2) is 6.82. The standard InChI is InChI=1S/C21H22O2/c1-3-4-6-11-17-13-18(22)14-20-21(17)15(2)12-19(23-20)16-9-7-5-8-10-16/h5,7-10,12-14H,3-4,6,11H2,1-2H3/p+1. The highest BCUT2D eigenvalue weighted by molar-refractivity contribution is 5.87. The summed E-state index contributed by atoms with van der Waals surface area (Å²) in [6, 6.07) is 15.8. The first-order valence-corrected chi connectivity index (χ1v) is 8.34. The predicted octanol–water partition coefficient (Wildman–Crippen LogP) is 6.13. The molecule has 1 aromatic heterocycles. The lowest BCUT2D eigenvalue weighted by Gasteiger charge is -2.06. The minimum atomic E-state index is 0.275. The molecule has 0 saturated heterocycles. The molecule has 0 radical (unpaired) electrons. The topological polar surface area (TPSA) is 31.5 Å². The summed E-state index contributed by atoms with van der Waals surface area (Å²) in [7, 11) is 0. The number of aryl methyl sites for hydroxylation is 2. The molecule has 0 aliphatic carbocycles. The number of fused-ring (bicyclic) bond motifs is 1. The Balaban J connectivity index is 2.10. The maximum Gasteiger partial charge on any atom is 0.365 e. The minimum Gasteiger partial charge on any atom is -0.508 e. The summed E-state index contributed by atoms with van der Waals surface area (Å²) < 4.78 is 6.10. The van der Waals surface area contributed by atoms with Gasteiger partial charge in [-0.05, 0) is 49.1 Å². The van der Waals surface area contributed by atoms with Crippen molar-refractivity contribution in [3.63, 3.8) is 0 Å². The Morgan fingerprint density at radius 1 is 1.00 bits per heavy atom. The van der Waals surface area contributed by atoms with Crippen molar-refractivity contribution in [1.82, 2.24) is 0 Å². The third-order valence-electron chi connectivity index (χ3n) is 4.24. The average molecular weight is 307 g/mol. The SMILES string of the molecule is CCCCCc1cc(O)cc2[o+]c(-c3ccccc3)cc(C)c12. The van der Waals surface area contributed by atoms with Crippen LogP contribution in [0.5, 0.6) is 5.75 Å². The Hall–Kier alpha value is -2.35. The molecule has 2 heteroatoms. The molecule has 0 amide bonds. The zero-order chi connectivity index (χ0) is 16.2. The molecule has 0 fully saturated rings. The van der Waals surface area contributed by atoms with E-state index in [0.717, 1.165) is 35.1 Å². The van der Waals surface area contributed by atoms with Crippen molar-refractivity contribution in [2.75, 3.05) is 0 Å². The highest BCUT2D eigenvalue weighted by Gasteiger charge is 2.20. The van der Waals surface area contributed by atoms with Gasteiger partial charge in [0.25, 0.3) is 0 Å². The molecule has 2 aromatic carbocycles. The number of hydrogen-bond donors (Lipinski definition) is 1. The second-order valence-corrected chi connectivity index (χ2v) is 6.09. The van der Waals surface area contributed by atoms with Crippen LogP contribution in [0, 0.1) is 6.92 Å². The first kappa shape index (κ1) is 15.5. The van der Waals surface area contributed by atoms with E-state index in [1.165, 1.54) is 24.0 Å². The molecule has 1 N–H and O–H groups in total. The van der Waals surface area contributed by atoms with E-state index in [0.29, 0.717) is 0 Å². The smallest absolute Gasteiger partial charge is 0.365 e. The largest absolute Gasteiger partial charge is 0.508 e. The van der Waals surface area contributed by atoms with Crippen LogP contribution in [0.25, 0.3) is 22.3 Å². The van der Waals surface area contributed by atoms with E-state index in [9.17, 15) is 5.11 Å². The normalized spacial score (nSPS) is 11.0. The molecule has 0 spiro atoms. The van der Waals surface area contributed by atoms with Gasteiger partial charge in [0.15, 0.2) is 0 Å². The summed E-state index contributed by atoms with van der Waals surface area (Å²) >= 11 is 0. The van der Waals surface area contributed by atoms with Gasteiger partial charge in [-0.1, -0.05) is 38.0 Å². The summed E-state index contributed by atoms with van der Waals surface area (Å²) in [6.45, 7) is 4.32. The molecule has 2 nitrogen and oxygen atoms in total. The lowest BCUT2D eigenvalue weighted by atomic mass is 9.98. The Labute approximate surface area is 137 Å². The van der Waals surface area contributed by atoms with Gasteiger partial charge in [-0.2, -0.15) is 0 Å². The van der Waals surface area contributed by atoms with E-state index < -0.39 is 0 Å². The molecule has 1 heterocycles. The van der Waals surface area contributed by atoms with E-state index >= 15 is 0 Å². The van der Waals surface area contributed by atoms with Crippen LogP contribution in [0.4, 0.5) is 0 Å². The summed E-state index contributed by atoms with van der Waals surface area (Å²) in [4.78, 5) is 0. The van der Waals surface area contributed by atoms with E-state index in [1.807, 2.05) is 36.4 Å². The zero-order valence-electron chi connectivity index (χ0n) is 13.8. The molecule has 0 unspecified atom stereocenters. The van der Waals surface area contributed by atoms with E-state index in [4.69, 9.17) is 4.42 Å². The molecule has 3 aromatic rings. The number of phenols is 1. The van der Waals surface area contributed by atoms with Crippen molar-refractivity contribution >= 4 is 11.0 Å². The number of unbranched alkanes of at least 4 members (excludes halogenated alkanes) is 2. The van der Waals surface area contributed by atoms with Gasteiger partial charge in [-0.15, -0.1) is 0 Å². The average Bonchev–Trinajstić information content (AvgIpc) is 2.55. The molecule has 3 rings (SSSR count). The fourth-order valence-corrected chi connectivity index (χ4v) is 3.11. The molecule has 0 atom stereocenters. The van der Waals surface area contributed by atoms with Crippen LogP contribution in [-0.4, -0.2) is 5.11 Å². The molecule has 0 bridgehead atoms. The summed E-state index contributed by atoms with van der Waals surface area (Å²) in [5, 5.41) is 11.2. The monoisotopic (exact) mass is 307 g/mol. The molecular weight excluding hydrogens is 284 g/mol. The molecule has 0 aliphatic heterocycles. The van der Waals surface area contributed by atoms with E-state index in [2.05, 4.69) is 19.9 Å². The van der Waals surface area contributed by atoms with Crippen LogP contribution in [0.15, 0.2) is 52.9 Å². The summed E-state index contributed by atoms with van der Waals surface area (Å²) in [5.74, 6) is 1.11. The molecular formula is C21H23O2+. The van der Waals surface area contributed by atoms with Gasteiger partial charge in [0.1, 0.15) is 5.75 Å². The van der Waals surface area contributed by atoms with Crippen molar-refractivity contribution in [3.8, 4) is 17.1 Å². The van der Waals surface area contributed by atoms with Crippen LogP contribution >= 0.6 is 0 Å². The number of phenolic OH excluding ortho intramolecular Hbond substituents is 1. The summed E-state index contributed by atoms with van der Waals surface area (Å²) in [5.41, 5.74) is 4.18. The van der Waals surface area contributed by atoms with Gasteiger partial charge in [0.05, 0.1) is 17.0 Å². The van der Waals surface area contributed by atoms with Gasteiger partial charge in [-0.3, -0.25) is 0 Å². The quantitative estimate of drug-likeness (QED) is 0.454. The fraction of sp³-hybridized carbons (Fsp3) is 0.286. The lowest BCUT2D eigenvalue weighted by molar-refractivity contribution is 0.473. The van der Waals surface area contributed by atoms with Crippen LogP contribution in [0.2, 0.25) is 0 Å². The van der Waals surface area contributed by atoms with Crippen molar-refractivity contribution in [3.05, 3.63) is 59.7 Å². The van der Waals surface area contributed by atoms with Gasteiger partial charge in [-0.25, -0.2) is 4.42 Å². The first-order chi connectivity index (χ1) is 11.2. The third kappa shape index (κ3) is 3.37.